The van der Waals surface area contributed by atoms with E-state index in [1.54, 1.807) is 34.4 Å². The van der Waals surface area contributed by atoms with Crippen LogP contribution >= 0.6 is 34.5 Å². The highest BCUT2D eigenvalue weighted by molar-refractivity contribution is 7.22. The van der Waals surface area contributed by atoms with Crippen molar-refractivity contribution in [2.45, 2.75) is 19.8 Å². The number of hydrogen-bond donors (Lipinski definition) is 0. The Labute approximate surface area is 196 Å². The summed E-state index contributed by atoms with van der Waals surface area (Å²) in [4.78, 5) is 22.5. The zero-order chi connectivity index (χ0) is 21.8. The van der Waals surface area contributed by atoms with E-state index < -0.39 is 0 Å². The largest absolute Gasteiger partial charge is 0.379 e. The first-order valence-electron chi connectivity index (χ1n) is 10.5. The molecule has 1 amide bonds. The van der Waals surface area contributed by atoms with Crippen LogP contribution in [-0.2, 0) is 11.2 Å². The highest BCUT2D eigenvalue weighted by Gasteiger charge is 2.24. The average molecular weight is 478 g/mol. The maximum absolute atomic E-state index is 13.5. The number of carbonyl (C=O) groups excluding carboxylic acids is 1. The highest BCUT2D eigenvalue weighted by atomic mass is 35.5. The van der Waals surface area contributed by atoms with Crippen LogP contribution in [0.4, 0.5) is 5.13 Å². The van der Waals surface area contributed by atoms with Crippen LogP contribution in [0.1, 0.15) is 29.3 Å². The summed E-state index contributed by atoms with van der Waals surface area (Å²) in [7, 11) is 0. The molecule has 1 saturated heterocycles. The first-order valence-corrected chi connectivity index (χ1v) is 12.1. The number of hydrogen-bond acceptors (Lipinski definition) is 5. The number of carbonyl (C=O) groups is 1. The zero-order valence-electron chi connectivity index (χ0n) is 17.4. The molecule has 164 valence electrons. The predicted octanol–water partition coefficient (Wildman–Crippen LogP) is 5.53. The molecule has 0 unspecified atom stereocenters. The van der Waals surface area contributed by atoms with E-state index in [0.29, 0.717) is 27.3 Å². The van der Waals surface area contributed by atoms with Gasteiger partial charge in [-0.15, -0.1) is 0 Å². The maximum Gasteiger partial charge on any atom is 0.261 e. The van der Waals surface area contributed by atoms with Gasteiger partial charge in [0.2, 0.25) is 0 Å². The Morgan fingerprint density at radius 3 is 2.77 bits per heavy atom. The molecule has 0 aliphatic carbocycles. The lowest BCUT2D eigenvalue weighted by atomic mass is 10.1. The molecule has 0 bridgehead atoms. The smallest absolute Gasteiger partial charge is 0.261 e. The number of ether oxygens (including phenoxy) is 1. The average Bonchev–Trinajstić information content (AvgIpc) is 3.21. The van der Waals surface area contributed by atoms with Crippen LogP contribution in [0.2, 0.25) is 10.0 Å². The first-order chi connectivity index (χ1) is 15.1. The van der Waals surface area contributed by atoms with Gasteiger partial charge in [0.1, 0.15) is 0 Å². The number of aryl methyl sites for hydroxylation is 1. The molecule has 2 heterocycles. The van der Waals surface area contributed by atoms with Gasteiger partial charge in [-0.1, -0.05) is 53.6 Å². The standard InChI is InChI=1S/C23H25Cl2N3O2S/c1-2-16-5-3-6-20-21(16)26-23(31-20)28(10-4-9-27-11-13-30-14-12-27)22(29)18-8-7-17(24)15-19(18)25/h3,5-8,15H,2,4,9-14H2,1H3. The molecule has 1 aliphatic heterocycles. The van der Waals surface area contributed by atoms with Gasteiger partial charge in [0.15, 0.2) is 5.13 Å². The number of fused-ring (bicyclic) bond motifs is 1. The molecule has 31 heavy (non-hydrogen) atoms. The quantitative estimate of drug-likeness (QED) is 0.448. The van der Waals surface area contributed by atoms with Gasteiger partial charge < -0.3 is 4.74 Å². The molecule has 0 atom stereocenters. The van der Waals surface area contributed by atoms with Gasteiger partial charge in [0.05, 0.1) is 34.0 Å². The maximum atomic E-state index is 13.5. The van der Waals surface area contributed by atoms with Crippen molar-refractivity contribution in [1.29, 1.82) is 0 Å². The van der Waals surface area contributed by atoms with Crippen molar-refractivity contribution in [3.8, 4) is 0 Å². The summed E-state index contributed by atoms with van der Waals surface area (Å²) < 4.78 is 6.52. The number of anilines is 1. The van der Waals surface area contributed by atoms with E-state index in [0.717, 1.165) is 55.9 Å². The number of halogens is 2. The van der Waals surface area contributed by atoms with Gasteiger partial charge in [0.25, 0.3) is 5.91 Å². The number of nitrogens with zero attached hydrogens (tertiary/aromatic N) is 3. The molecule has 4 rings (SSSR count). The topological polar surface area (TPSA) is 45.7 Å². The summed E-state index contributed by atoms with van der Waals surface area (Å²) in [5.41, 5.74) is 2.59. The third kappa shape index (κ3) is 5.21. The number of rotatable bonds is 7. The van der Waals surface area contributed by atoms with E-state index in [1.807, 2.05) is 6.07 Å². The van der Waals surface area contributed by atoms with Crippen molar-refractivity contribution >= 4 is 55.8 Å². The zero-order valence-corrected chi connectivity index (χ0v) is 19.8. The Morgan fingerprint density at radius 1 is 1.23 bits per heavy atom. The second-order valence-corrected chi connectivity index (χ2v) is 9.36. The van der Waals surface area contributed by atoms with E-state index in [1.165, 1.54) is 5.56 Å². The molecule has 1 aromatic heterocycles. The molecule has 0 N–H and O–H groups in total. The lowest BCUT2D eigenvalue weighted by molar-refractivity contribution is 0.0376. The second-order valence-electron chi connectivity index (χ2n) is 7.50. The number of aromatic nitrogens is 1. The Bertz CT molecular complexity index is 1070. The summed E-state index contributed by atoms with van der Waals surface area (Å²) >= 11 is 14.0. The molecule has 1 aliphatic rings. The molecular weight excluding hydrogens is 453 g/mol. The van der Waals surface area contributed by atoms with Crippen molar-refractivity contribution in [1.82, 2.24) is 9.88 Å². The van der Waals surface area contributed by atoms with E-state index in [9.17, 15) is 4.79 Å². The number of amides is 1. The molecule has 1 fully saturated rings. The van der Waals surface area contributed by atoms with Crippen LogP contribution in [0.3, 0.4) is 0 Å². The Balaban J connectivity index is 1.62. The van der Waals surface area contributed by atoms with Crippen molar-refractivity contribution in [2.75, 3.05) is 44.3 Å². The van der Waals surface area contributed by atoms with Crippen LogP contribution in [0.5, 0.6) is 0 Å². The van der Waals surface area contributed by atoms with Gasteiger partial charge in [-0.3, -0.25) is 14.6 Å². The van der Waals surface area contributed by atoms with Crippen molar-refractivity contribution in [2.24, 2.45) is 0 Å². The van der Waals surface area contributed by atoms with Gasteiger partial charge in [0, 0.05) is 31.2 Å². The summed E-state index contributed by atoms with van der Waals surface area (Å²) in [5, 5.41) is 1.56. The van der Waals surface area contributed by atoms with Crippen LogP contribution in [0.15, 0.2) is 36.4 Å². The fourth-order valence-electron chi connectivity index (χ4n) is 3.76. The number of thiazole rings is 1. The van der Waals surface area contributed by atoms with E-state index in [-0.39, 0.29) is 5.91 Å². The van der Waals surface area contributed by atoms with Crippen molar-refractivity contribution < 1.29 is 9.53 Å². The van der Waals surface area contributed by atoms with Crippen LogP contribution < -0.4 is 4.90 Å². The van der Waals surface area contributed by atoms with Gasteiger partial charge in [-0.25, -0.2) is 4.98 Å². The summed E-state index contributed by atoms with van der Waals surface area (Å²) in [5.74, 6) is -0.152. The molecule has 2 aromatic carbocycles. The van der Waals surface area contributed by atoms with Crippen LogP contribution in [0.25, 0.3) is 10.2 Å². The third-order valence-electron chi connectivity index (χ3n) is 5.47. The van der Waals surface area contributed by atoms with Crippen molar-refractivity contribution in [3.63, 3.8) is 0 Å². The highest BCUT2D eigenvalue weighted by Crippen LogP contribution is 2.33. The number of benzene rings is 2. The van der Waals surface area contributed by atoms with Gasteiger partial charge in [-0.05, 0) is 42.7 Å². The minimum absolute atomic E-state index is 0.152. The Morgan fingerprint density at radius 2 is 2.03 bits per heavy atom. The first kappa shape index (κ1) is 22.5. The summed E-state index contributed by atoms with van der Waals surface area (Å²) in [6.45, 7) is 6.98. The third-order valence-corrected chi connectivity index (χ3v) is 7.06. The van der Waals surface area contributed by atoms with E-state index in [4.69, 9.17) is 32.9 Å². The summed E-state index contributed by atoms with van der Waals surface area (Å²) in [6, 6.07) is 11.2. The number of para-hydroxylation sites is 1. The minimum atomic E-state index is -0.152. The normalized spacial score (nSPS) is 14.8. The molecular formula is C23H25Cl2N3O2S. The van der Waals surface area contributed by atoms with Gasteiger partial charge in [-0.2, -0.15) is 0 Å². The molecule has 3 aromatic rings. The Hall–Kier alpha value is -1.70. The predicted molar refractivity (Wildman–Crippen MR) is 129 cm³/mol. The molecule has 0 radical (unpaired) electrons. The van der Waals surface area contributed by atoms with Crippen LogP contribution in [0, 0.1) is 0 Å². The van der Waals surface area contributed by atoms with Gasteiger partial charge >= 0.3 is 0 Å². The second kappa shape index (κ2) is 10.3. The van der Waals surface area contributed by atoms with Crippen LogP contribution in [-0.4, -0.2) is 55.2 Å². The monoisotopic (exact) mass is 477 g/mol. The van der Waals surface area contributed by atoms with Crippen molar-refractivity contribution in [3.05, 3.63) is 57.6 Å². The fraction of sp³-hybridized carbons (Fsp3) is 0.391. The molecule has 5 nitrogen and oxygen atoms in total. The lowest BCUT2D eigenvalue weighted by Crippen LogP contribution is -2.39. The van der Waals surface area contributed by atoms with E-state index >= 15 is 0 Å². The molecule has 0 saturated carbocycles. The number of morpholine rings is 1. The fourth-order valence-corrected chi connectivity index (χ4v) is 5.29. The molecule has 0 spiro atoms. The summed E-state index contributed by atoms with van der Waals surface area (Å²) in [6.07, 6.45) is 1.74. The van der Waals surface area contributed by atoms with E-state index in [2.05, 4.69) is 24.0 Å². The minimum Gasteiger partial charge on any atom is -0.379 e. The SMILES string of the molecule is CCc1cccc2sc(N(CCCN3CCOCC3)C(=O)c3ccc(Cl)cc3Cl)nc12. The Kier molecular flexibility index (Phi) is 7.46. The molecule has 8 heteroatoms. The lowest BCUT2D eigenvalue weighted by Gasteiger charge is -2.27.